The zero-order valence-electron chi connectivity index (χ0n) is 13.6. The van der Waals surface area contributed by atoms with Crippen LogP contribution in [0.15, 0.2) is 12.1 Å². The second-order valence-corrected chi connectivity index (χ2v) is 5.38. The Morgan fingerprint density at radius 1 is 1.04 bits per heavy atom. The number of carbonyl (C=O) groups excluding carboxylic acids is 2. The highest BCUT2D eigenvalue weighted by molar-refractivity contribution is 5.96. The monoisotopic (exact) mass is 322 g/mol. The predicted molar refractivity (Wildman–Crippen MR) is 83.9 cm³/mol. The molecule has 0 saturated carbocycles. The van der Waals surface area contributed by atoms with Crippen LogP contribution < -0.4 is 19.9 Å². The molecule has 0 bridgehead atoms. The number of piperidine rings is 1. The van der Waals surface area contributed by atoms with Gasteiger partial charge in [0.25, 0.3) is 5.91 Å². The Labute approximate surface area is 135 Å². The van der Waals surface area contributed by atoms with Crippen LogP contribution in [-0.4, -0.2) is 51.1 Å². The predicted octanol–water partition coefficient (Wildman–Crippen LogP) is 1.05. The van der Waals surface area contributed by atoms with Gasteiger partial charge < -0.3 is 24.8 Å². The van der Waals surface area contributed by atoms with Crippen molar-refractivity contribution >= 4 is 11.8 Å². The Kier molecular flexibility index (Phi) is 5.31. The number of methoxy groups -OCH3 is 3. The molecule has 126 valence electrons. The quantitative estimate of drug-likeness (QED) is 0.875. The molecule has 1 heterocycles. The molecular formula is C16H22N2O5. The van der Waals surface area contributed by atoms with Crippen molar-refractivity contribution in [2.75, 3.05) is 34.4 Å². The number of nitrogens with zero attached hydrogens (tertiary/aromatic N) is 1. The third-order valence-corrected chi connectivity index (χ3v) is 4.10. The summed E-state index contributed by atoms with van der Waals surface area (Å²) in [6.07, 6.45) is 1.18. The fourth-order valence-corrected chi connectivity index (χ4v) is 2.75. The van der Waals surface area contributed by atoms with Gasteiger partial charge in [0.15, 0.2) is 11.5 Å². The number of carbonyl (C=O) groups is 2. The summed E-state index contributed by atoms with van der Waals surface area (Å²) < 4.78 is 15.8. The van der Waals surface area contributed by atoms with E-state index >= 15 is 0 Å². The van der Waals surface area contributed by atoms with Gasteiger partial charge in [-0.15, -0.1) is 0 Å². The van der Waals surface area contributed by atoms with Crippen LogP contribution in [0.2, 0.25) is 0 Å². The van der Waals surface area contributed by atoms with Crippen LogP contribution in [0, 0.1) is 5.92 Å². The lowest BCUT2D eigenvalue weighted by Gasteiger charge is -2.30. The minimum Gasteiger partial charge on any atom is -0.493 e. The molecule has 2 rings (SSSR count). The first-order valence-electron chi connectivity index (χ1n) is 7.40. The van der Waals surface area contributed by atoms with E-state index in [1.807, 2.05) is 0 Å². The zero-order valence-corrected chi connectivity index (χ0v) is 13.6. The lowest BCUT2D eigenvalue weighted by molar-refractivity contribution is -0.123. The lowest BCUT2D eigenvalue weighted by Crippen LogP contribution is -2.41. The second kappa shape index (κ2) is 7.21. The van der Waals surface area contributed by atoms with Crippen molar-refractivity contribution in [2.45, 2.75) is 12.8 Å². The van der Waals surface area contributed by atoms with E-state index in [1.54, 1.807) is 17.0 Å². The molecule has 0 spiro atoms. The number of hydrogen-bond donors (Lipinski definition) is 1. The van der Waals surface area contributed by atoms with E-state index in [-0.39, 0.29) is 17.7 Å². The molecule has 1 aromatic carbocycles. The van der Waals surface area contributed by atoms with Crippen molar-refractivity contribution < 1.29 is 23.8 Å². The van der Waals surface area contributed by atoms with Gasteiger partial charge in [0.1, 0.15) is 0 Å². The van der Waals surface area contributed by atoms with Crippen molar-refractivity contribution in [1.82, 2.24) is 4.90 Å². The van der Waals surface area contributed by atoms with E-state index in [9.17, 15) is 9.59 Å². The summed E-state index contributed by atoms with van der Waals surface area (Å²) in [6.45, 7) is 1.01. The Morgan fingerprint density at radius 2 is 1.57 bits per heavy atom. The number of benzene rings is 1. The van der Waals surface area contributed by atoms with Crippen LogP contribution in [0.25, 0.3) is 0 Å². The summed E-state index contributed by atoms with van der Waals surface area (Å²) >= 11 is 0. The van der Waals surface area contributed by atoms with Crippen molar-refractivity contribution in [1.29, 1.82) is 0 Å². The normalized spacial score (nSPS) is 15.2. The minimum absolute atomic E-state index is 0.132. The van der Waals surface area contributed by atoms with Gasteiger partial charge in [-0.05, 0) is 25.0 Å². The molecule has 2 N–H and O–H groups in total. The molecule has 7 nitrogen and oxygen atoms in total. The average molecular weight is 322 g/mol. The third kappa shape index (κ3) is 3.49. The van der Waals surface area contributed by atoms with Crippen molar-refractivity contribution in [3.05, 3.63) is 17.7 Å². The van der Waals surface area contributed by atoms with Crippen LogP contribution in [0.4, 0.5) is 0 Å². The molecule has 2 amide bonds. The molecule has 0 aliphatic carbocycles. The Hall–Kier alpha value is -2.44. The molecule has 0 radical (unpaired) electrons. The van der Waals surface area contributed by atoms with E-state index in [0.717, 1.165) is 0 Å². The molecule has 0 unspecified atom stereocenters. The molecule has 0 aromatic heterocycles. The Balaban J connectivity index is 2.21. The van der Waals surface area contributed by atoms with E-state index in [4.69, 9.17) is 19.9 Å². The smallest absolute Gasteiger partial charge is 0.254 e. The molecule has 1 aromatic rings. The first-order chi connectivity index (χ1) is 11.0. The zero-order chi connectivity index (χ0) is 17.0. The van der Waals surface area contributed by atoms with Gasteiger partial charge in [-0.25, -0.2) is 0 Å². The van der Waals surface area contributed by atoms with Gasteiger partial charge in [-0.3, -0.25) is 9.59 Å². The van der Waals surface area contributed by atoms with Gasteiger partial charge in [-0.2, -0.15) is 0 Å². The van der Waals surface area contributed by atoms with E-state index in [1.165, 1.54) is 21.3 Å². The molecule has 1 aliphatic heterocycles. The van der Waals surface area contributed by atoms with Crippen molar-refractivity contribution in [2.24, 2.45) is 11.7 Å². The minimum atomic E-state index is -0.301. The van der Waals surface area contributed by atoms with Crippen molar-refractivity contribution in [3.63, 3.8) is 0 Å². The van der Waals surface area contributed by atoms with Gasteiger partial charge in [0.2, 0.25) is 11.7 Å². The first-order valence-corrected chi connectivity index (χ1v) is 7.40. The maximum absolute atomic E-state index is 12.7. The van der Waals surface area contributed by atoms with Crippen LogP contribution in [0.3, 0.4) is 0 Å². The maximum atomic E-state index is 12.7. The van der Waals surface area contributed by atoms with E-state index < -0.39 is 0 Å². The molecule has 1 fully saturated rings. The van der Waals surface area contributed by atoms with Gasteiger partial charge in [0.05, 0.1) is 21.3 Å². The van der Waals surface area contributed by atoms with E-state index in [2.05, 4.69) is 0 Å². The highest BCUT2D eigenvalue weighted by Crippen LogP contribution is 2.38. The number of primary amides is 1. The summed E-state index contributed by atoms with van der Waals surface area (Å²) in [5.41, 5.74) is 5.77. The third-order valence-electron chi connectivity index (χ3n) is 4.10. The maximum Gasteiger partial charge on any atom is 0.254 e. The highest BCUT2D eigenvalue weighted by Gasteiger charge is 2.27. The fraction of sp³-hybridized carbons (Fsp3) is 0.500. The fourth-order valence-electron chi connectivity index (χ4n) is 2.75. The van der Waals surface area contributed by atoms with Gasteiger partial charge >= 0.3 is 0 Å². The Bertz CT molecular complexity index is 569. The summed E-state index contributed by atoms with van der Waals surface area (Å²) in [5, 5.41) is 0. The highest BCUT2D eigenvalue weighted by atomic mass is 16.5. The van der Waals surface area contributed by atoms with Crippen molar-refractivity contribution in [3.8, 4) is 17.2 Å². The summed E-state index contributed by atoms with van der Waals surface area (Å²) in [5.74, 6) is 0.722. The number of hydrogen-bond acceptors (Lipinski definition) is 5. The number of amides is 2. The van der Waals surface area contributed by atoms with Gasteiger partial charge in [-0.1, -0.05) is 0 Å². The molecular weight excluding hydrogens is 300 g/mol. The molecule has 1 aliphatic rings. The SMILES string of the molecule is COc1cc(C(=O)N2CCC(C(N)=O)CC2)cc(OC)c1OC. The second-order valence-electron chi connectivity index (χ2n) is 5.38. The topological polar surface area (TPSA) is 91.1 Å². The molecule has 7 heteroatoms. The number of likely N-dealkylation sites (tertiary alicyclic amines) is 1. The number of ether oxygens (including phenoxy) is 3. The van der Waals surface area contributed by atoms with E-state index in [0.29, 0.717) is 48.7 Å². The molecule has 23 heavy (non-hydrogen) atoms. The number of rotatable bonds is 5. The summed E-state index contributed by atoms with van der Waals surface area (Å²) in [7, 11) is 4.52. The first kappa shape index (κ1) is 16.9. The van der Waals surface area contributed by atoms with Crippen LogP contribution >= 0.6 is 0 Å². The lowest BCUT2D eigenvalue weighted by atomic mass is 9.96. The largest absolute Gasteiger partial charge is 0.493 e. The number of nitrogens with two attached hydrogens (primary N) is 1. The standard InChI is InChI=1S/C16H22N2O5/c1-21-12-8-11(9-13(22-2)14(12)23-3)16(20)18-6-4-10(5-7-18)15(17)19/h8-10H,4-7H2,1-3H3,(H2,17,19). The van der Waals surface area contributed by atoms with Crippen LogP contribution in [-0.2, 0) is 4.79 Å². The van der Waals surface area contributed by atoms with Crippen LogP contribution in [0.5, 0.6) is 17.2 Å². The summed E-state index contributed by atoms with van der Waals surface area (Å²) in [4.78, 5) is 25.6. The van der Waals surface area contributed by atoms with Crippen LogP contribution in [0.1, 0.15) is 23.2 Å². The average Bonchev–Trinajstić information content (AvgIpc) is 2.59. The van der Waals surface area contributed by atoms with Gasteiger partial charge in [0, 0.05) is 24.6 Å². The molecule has 0 atom stereocenters. The Morgan fingerprint density at radius 3 is 1.96 bits per heavy atom. The molecule has 1 saturated heterocycles. The summed E-state index contributed by atoms with van der Waals surface area (Å²) in [6, 6.07) is 3.26.